The van der Waals surface area contributed by atoms with Crippen LogP contribution >= 0.6 is 0 Å². The summed E-state index contributed by atoms with van der Waals surface area (Å²) in [4.78, 5) is 25.2. The molecule has 0 radical (unpaired) electrons. The van der Waals surface area contributed by atoms with Crippen LogP contribution in [0, 0.1) is 6.92 Å². The number of ether oxygens (including phenoxy) is 1. The number of carbonyl (C=O) groups excluding carboxylic acids is 1. The Bertz CT molecular complexity index is 1240. The molecular weight excluding hydrogens is 356 g/mol. The van der Waals surface area contributed by atoms with Gasteiger partial charge in [0, 0.05) is 11.9 Å². The summed E-state index contributed by atoms with van der Waals surface area (Å²) in [6, 6.07) is 17.0. The molecule has 1 N–H and O–H groups in total. The third-order valence-electron chi connectivity index (χ3n) is 4.67. The Kier molecular flexibility index (Phi) is 4.57. The van der Waals surface area contributed by atoms with E-state index in [9.17, 15) is 9.59 Å². The molecule has 7 heteroatoms. The van der Waals surface area contributed by atoms with Gasteiger partial charge in [-0.1, -0.05) is 30.3 Å². The zero-order chi connectivity index (χ0) is 19.7. The van der Waals surface area contributed by atoms with Crippen molar-refractivity contribution in [3.8, 4) is 5.75 Å². The van der Waals surface area contributed by atoms with Crippen LogP contribution in [0.2, 0.25) is 0 Å². The van der Waals surface area contributed by atoms with Gasteiger partial charge in [0.25, 0.3) is 5.56 Å². The Morgan fingerprint density at radius 3 is 2.75 bits per heavy atom. The molecule has 2 aromatic heterocycles. The fraction of sp³-hybridized carbons (Fsp3) is 0.190. The van der Waals surface area contributed by atoms with Crippen LogP contribution in [0.25, 0.3) is 16.4 Å². The van der Waals surface area contributed by atoms with Gasteiger partial charge < -0.3 is 10.1 Å². The Hall–Kier alpha value is -3.61. The molecule has 1 amide bonds. The van der Waals surface area contributed by atoms with E-state index in [0.29, 0.717) is 17.9 Å². The van der Waals surface area contributed by atoms with Crippen molar-refractivity contribution in [3.63, 3.8) is 0 Å². The van der Waals surface area contributed by atoms with Crippen molar-refractivity contribution in [1.29, 1.82) is 0 Å². The lowest BCUT2D eigenvalue weighted by atomic mass is 10.2. The maximum Gasteiger partial charge on any atom is 0.291 e. The first-order valence-electron chi connectivity index (χ1n) is 8.94. The van der Waals surface area contributed by atoms with E-state index in [1.165, 1.54) is 4.68 Å². The number of nitrogens with zero attached hydrogens (tertiary/aromatic N) is 3. The minimum Gasteiger partial charge on any atom is -0.497 e. The molecule has 2 heterocycles. The summed E-state index contributed by atoms with van der Waals surface area (Å²) in [6.45, 7) is 2.03. The second-order valence-corrected chi connectivity index (χ2v) is 6.56. The summed E-state index contributed by atoms with van der Waals surface area (Å²) in [5, 5.41) is 8.11. The average Bonchev–Trinajstić information content (AvgIpc) is 3.11. The number of para-hydroxylation sites is 1. The first-order chi connectivity index (χ1) is 13.6. The van der Waals surface area contributed by atoms with Crippen molar-refractivity contribution < 1.29 is 9.53 Å². The van der Waals surface area contributed by atoms with Crippen molar-refractivity contribution in [2.45, 2.75) is 20.0 Å². The molecule has 0 saturated carbocycles. The Balaban J connectivity index is 1.57. The number of hydrogen-bond donors (Lipinski definition) is 1. The normalized spacial score (nSPS) is 11.1. The molecule has 0 fully saturated rings. The molecule has 4 aromatic rings. The number of aromatic nitrogens is 3. The fourth-order valence-corrected chi connectivity index (χ4v) is 3.34. The van der Waals surface area contributed by atoms with Crippen molar-refractivity contribution in [3.05, 3.63) is 76.3 Å². The van der Waals surface area contributed by atoms with E-state index < -0.39 is 0 Å². The summed E-state index contributed by atoms with van der Waals surface area (Å²) in [7, 11) is 1.60. The summed E-state index contributed by atoms with van der Waals surface area (Å²) in [6.07, 6.45) is 0. The average molecular weight is 376 g/mol. The number of fused-ring (bicyclic) bond motifs is 3. The monoisotopic (exact) mass is 376 g/mol. The SMILES string of the molecule is COc1cccc(CNC(=O)Cn2nc(C)n3c(cc4ccccc43)c2=O)c1. The van der Waals surface area contributed by atoms with Gasteiger partial charge in [-0.05, 0) is 36.8 Å². The highest BCUT2D eigenvalue weighted by atomic mass is 16.5. The van der Waals surface area contributed by atoms with Gasteiger partial charge in [-0.2, -0.15) is 5.10 Å². The second-order valence-electron chi connectivity index (χ2n) is 6.56. The summed E-state index contributed by atoms with van der Waals surface area (Å²) < 4.78 is 8.22. The molecule has 0 spiro atoms. The van der Waals surface area contributed by atoms with Crippen molar-refractivity contribution in [2.24, 2.45) is 0 Å². The lowest BCUT2D eigenvalue weighted by Gasteiger charge is -2.10. The first-order valence-corrected chi connectivity index (χ1v) is 8.94. The van der Waals surface area contributed by atoms with E-state index in [2.05, 4.69) is 10.4 Å². The first kappa shape index (κ1) is 17.8. The third-order valence-corrected chi connectivity index (χ3v) is 4.67. The third kappa shape index (κ3) is 3.22. The van der Waals surface area contributed by atoms with E-state index in [4.69, 9.17) is 4.74 Å². The van der Waals surface area contributed by atoms with Crippen LogP contribution in [-0.4, -0.2) is 27.2 Å². The lowest BCUT2D eigenvalue weighted by molar-refractivity contribution is -0.122. The van der Waals surface area contributed by atoms with Gasteiger partial charge in [0.1, 0.15) is 23.6 Å². The number of nitrogens with one attached hydrogen (secondary N) is 1. The molecule has 0 bridgehead atoms. The fourth-order valence-electron chi connectivity index (χ4n) is 3.34. The number of aryl methyl sites for hydroxylation is 1. The summed E-state index contributed by atoms with van der Waals surface area (Å²) in [5.74, 6) is 1.10. The van der Waals surface area contributed by atoms with Gasteiger partial charge in [-0.3, -0.25) is 14.0 Å². The quantitative estimate of drug-likeness (QED) is 0.580. The molecule has 0 aliphatic heterocycles. The van der Waals surface area contributed by atoms with E-state index in [1.807, 2.05) is 65.9 Å². The van der Waals surface area contributed by atoms with Crippen molar-refractivity contribution in [1.82, 2.24) is 19.5 Å². The van der Waals surface area contributed by atoms with Gasteiger partial charge in [-0.25, -0.2) is 4.68 Å². The largest absolute Gasteiger partial charge is 0.497 e. The molecular formula is C21H20N4O3. The molecule has 28 heavy (non-hydrogen) atoms. The minimum atomic E-state index is -0.293. The number of amides is 1. The van der Waals surface area contributed by atoms with Crippen LogP contribution in [0.1, 0.15) is 11.4 Å². The van der Waals surface area contributed by atoms with Crippen LogP contribution in [0.15, 0.2) is 59.4 Å². The second kappa shape index (κ2) is 7.19. The number of rotatable bonds is 5. The van der Waals surface area contributed by atoms with Gasteiger partial charge in [0.2, 0.25) is 5.91 Å². The van der Waals surface area contributed by atoms with Crippen LogP contribution in [0.5, 0.6) is 5.75 Å². The van der Waals surface area contributed by atoms with Crippen LogP contribution in [0.3, 0.4) is 0 Å². The maximum atomic E-state index is 12.8. The molecule has 7 nitrogen and oxygen atoms in total. The van der Waals surface area contributed by atoms with Crippen LogP contribution in [0.4, 0.5) is 0 Å². The van der Waals surface area contributed by atoms with Gasteiger partial charge in [-0.15, -0.1) is 0 Å². The topological polar surface area (TPSA) is 77.6 Å². The number of hydrogen-bond acceptors (Lipinski definition) is 4. The molecule has 0 saturated heterocycles. The van der Waals surface area contributed by atoms with Crippen molar-refractivity contribution >= 4 is 22.3 Å². The Morgan fingerprint density at radius 1 is 1.11 bits per heavy atom. The van der Waals surface area contributed by atoms with Gasteiger partial charge in [0.15, 0.2) is 0 Å². The van der Waals surface area contributed by atoms with E-state index in [-0.39, 0.29) is 18.0 Å². The van der Waals surface area contributed by atoms with E-state index in [0.717, 1.165) is 22.2 Å². The molecule has 142 valence electrons. The molecule has 2 aromatic carbocycles. The molecule has 0 atom stereocenters. The van der Waals surface area contributed by atoms with Gasteiger partial charge in [0.05, 0.1) is 12.6 Å². The van der Waals surface area contributed by atoms with E-state index >= 15 is 0 Å². The maximum absolute atomic E-state index is 12.8. The lowest BCUT2D eigenvalue weighted by Crippen LogP contribution is -2.34. The number of methoxy groups -OCH3 is 1. The summed E-state index contributed by atoms with van der Waals surface area (Å²) in [5.41, 5.74) is 2.05. The predicted octanol–water partition coefficient (Wildman–Crippen LogP) is 2.28. The Morgan fingerprint density at radius 2 is 1.93 bits per heavy atom. The zero-order valence-corrected chi connectivity index (χ0v) is 15.7. The highest BCUT2D eigenvalue weighted by Crippen LogP contribution is 2.18. The van der Waals surface area contributed by atoms with E-state index in [1.54, 1.807) is 7.11 Å². The highest BCUT2D eigenvalue weighted by molar-refractivity contribution is 5.87. The zero-order valence-electron chi connectivity index (χ0n) is 15.7. The predicted molar refractivity (Wildman–Crippen MR) is 107 cm³/mol. The summed E-state index contributed by atoms with van der Waals surface area (Å²) >= 11 is 0. The molecule has 0 unspecified atom stereocenters. The van der Waals surface area contributed by atoms with Crippen molar-refractivity contribution in [2.75, 3.05) is 7.11 Å². The van der Waals surface area contributed by atoms with Crippen LogP contribution < -0.4 is 15.6 Å². The standard InChI is InChI=1S/C21H20N4O3/c1-14-23-24(13-20(26)22-12-15-6-5-8-17(10-15)28-2)21(27)19-11-16-7-3-4-9-18(16)25(14)19/h3-11H,12-13H2,1-2H3,(H,22,26). The minimum absolute atomic E-state index is 0.137. The number of benzene rings is 2. The number of carbonyl (C=O) groups is 1. The molecule has 4 rings (SSSR count). The van der Waals surface area contributed by atoms with Crippen LogP contribution in [-0.2, 0) is 17.9 Å². The Labute approximate surface area is 161 Å². The highest BCUT2D eigenvalue weighted by Gasteiger charge is 2.14. The smallest absolute Gasteiger partial charge is 0.291 e. The van der Waals surface area contributed by atoms with Gasteiger partial charge >= 0.3 is 0 Å². The molecule has 0 aliphatic rings. The molecule has 0 aliphatic carbocycles.